The first-order valence-electron chi connectivity index (χ1n) is 7.09. The van der Waals surface area contributed by atoms with Gasteiger partial charge >= 0.3 is 0 Å². The van der Waals surface area contributed by atoms with Gasteiger partial charge in [-0.3, -0.25) is 4.98 Å². The van der Waals surface area contributed by atoms with E-state index >= 15 is 0 Å². The predicted molar refractivity (Wildman–Crippen MR) is 86.5 cm³/mol. The number of thioether (sulfide) groups is 1. The van der Waals surface area contributed by atoms with Gasteiger partial charge in [-0.2, -0.15) is 0 Å². The molecule has 3 rings (SSSR count). The molecule has 0 aromatic carbocycles. The maximum atomic E-state index is 5.91. The van der Waals surface area contributed by atoms with Crippen LogP contribution >= 0.6 is 23.4 Å². The highest BCUT2D eigenvalue weighted by atomic mass is 35.5. The van der Waals surface area contributed by atoms with E-state index in [4.69, 9.17) is 17.3 Å². The second kappa shape index (κ2) is 6.62. The molecule has 0 saturated heterocycles. The minimum Gasteiger partial charge on any atom is -0.384 e. The Hall–Kier alpha value is -1.33. The Kier molecular flexibility index (Phi) is 4.60. The fourth-order valence-corrected chi connectivity index (χ4v) is 3.86. The minimum atomic E-state index is 0.382. The highest BCUT2D eigenvalue weighted by Gasteiger charge is 2.21. The van der Waals surface area contributed by atoms with Crippen LogP contribution in [0, 0.1) is 0 Å². The molecular formula is C15H17ClN4S. The highest BCUT2D eigenvalue weighted by molar-refractivity contribution is 7.98. The standard InChI is InChI=1S/C15H17ClN4S/c16-12-8-13(17)20-15(19-12)21-9-11-6-3-7-18-14(11)10-4-1-2-5-10/h3,6-8,10H,1-2,4-5,9H2,(H2,17,19,20). The van der Waals surface area contributed by atoms with Crippen LogP contribution < -0.4 is 5.73 Å². The van der Waals surface area contributed by atoms with E-state index in [1.165, 1.54) is 36.9 Å². The van der Waals surface area contributed by atoms with E-state index in [-0.39, 0.29) is 0 Å². The third-order valence-corrected chi connectivity index (χ3v) is 4.81. The van der Waals surface area contributed by atoms with E-state index < -0.39 is 0 Å². The quantitative estimate of drug-likeness (QED) is 0.523. The van der Waals surface area contributed by atoms with Gasteiger partial charge in [0.2, 0.25) is 0 Å². The smallest absolute Gasteiger partial charge is 0.191 e. The number of hydrogen-bond acceptors (Lipinski definition) is 5. The molecule has 2 aromatic heterocycles. The fraction of sp³-hybridized carbons (Fsp3) is 0.400. The van der Waals surface area contributed by atoms with Gasteiger partial charge in [0, 0.05) is 29.6 Å². The Morgan fingerprint density at radius 3 is 2.86 bits per heavy atom. The maximum absolute atomic E-state index is 5.91. The highest BCUT2D eigenvalue weighted by Crippen LogP contribution is 2.36. The van der Waals surface area contributed by atoms with E-state index in [1.807, 2.05) is 12.3 Å². The van der Waals surface area contributed by atoms with Gasteiger partial charge in [0.15, 0.2) is 5.16 Å². The van der Waals surface area contributed by atoms with E-state index in [9.17, 15) is 0 Å². The van der Waals surface area contributed by atoms with Crippen LogP contribution in [0.5, 0.6) is 0 Å². The van der Waals surface area contributed by atoms with Crippen molar-refractivity contribution in [2.45, 2.75) is 42.5 Å². The zero-order valence-electron chi connectivity index (χ0n) is 11.6. The zero-order valence-corrected chi connectivity index (χ0v) is 13.2. The van der Waals surface area contributed by atoms with Crippen LogP contribution in [0.15, 0.2) is 29.6 Å². The number of nitrogen functional groups attached to an aromatic ring is 1. The molecular weight excluding hydrogens is 304 g/mol. The van der Waals surface area contributed by atoms with Gasteiger partial charge in [0.05, 0.1) is 0 Å². The average Bonchev–Trinajstić information content (AvgIpc) is 2.98. The number of halogens is 1. The molecule has 2 N–H and O–H groups in total. The third kappa shape index (κ3) is 3.66. The van der Waals surface area contributed by atoms with Gasteiger partial charge in [0.25, 0.3) is 0 Å². The van der Waals surface area contributed by atoms with E-state index in [0.29, 0.717) is 22.0 Å². The number of aromatic nitrogens is 3. The van der Waals surface area contributed by atoms with Crippen LogP contribution in [0.3, 0.4) is 0 Å². The van der Waals surface area contributed by atoms with Crippen molar-refractivity contribution in [3.05, 3.63) is 40.8 Å². The second-order valence-electron chi connectivity index (χ2n) is 5.22. The summed E-state index contributed by atoms with van der Waals surface area (Å²) in [5.74, 6) is 1.80. The van der Waals surface area contributed by atoms with Crippen LogP contribution in [-0.2, 0) is 5.75 Å². The van der Waals surface area contributed by atoms with E-state index in [1.54, 1.807) is 17.8 Å². The molecule has 1 saturated carbocycles. The summed E-state index contributed by atoms with van der Waals surface area (Å²) in [4.78, 5) is 13.0. The van der Waals surface area contributed by atoms with Crippen LogP contribution in [0.1, 0.15) is 42.9 Å². The van der Waals surface area contributed by atoms with Crippen LogP contribution in [0.25, 0.3) is 0 Å². The molecule has 1 aliphatic rings. The van der Waals surface area contributed by atoms with E-state index in [0.717, 1.165) is 5.75 Å². The lowest BCUT2D eigenvalue weighted by atomic mass is 9.99. The molecule has 2 aromatic rings. The normalized spacial score (nSPS) is 15.5. The van der Waals surface area contributed by atoms with Crippen molar-refractivity contribution in [3.8, 4) is 0 Å². The summed E-state index contributed by atoms with van der Waals surface area (Å²) in [5.41, 5.74) is 8.19. The third-order valence-electron chi connectivity index (χ3n) is 3.72. The summed E-state index contributed by atoms with van der Waals surface area (Å²) in [6.07, 6.45) is 6.99. The Bertz CT molecular complexity index is 609. The molecule has 0 atom stereocenters. The summed E-state index contributed by atoms with van der Waals surface area (Å²) in [5, 5.41) is 0.994. The van der Waals surface area contributed by atoms with Gasteiger partial charge in [-0.1, -0.05) is 42.3 Å². The Balaban J connectivity index is 1.75. The lowest BCUT2D eigenvalue weighted by molar-refractivity contribution is 0.690. The lowest BCUT2D eigenvalue weighted by Gasteiger charge is -2.13. The van der Waals surface area contributed by atoms with Gasteiger partial charge < -0.3 is 5.73 Å². The largest absolute Gasteiger partial charge is 0.384 e. The van der Waals surface area contributed by atoms with Crippen LogP contribution in [0.2, 0.25) is 5.15 Å². The maximum Gasteiger partial charge on any atom is 0.191 e. The van der Waals surface area contributed by atoms with Crippen molar-refractivity contribution in [1.82, 2.24) is 15.0 Å². The zero-order chi connectivity index (χ0) is 14.7. The fourth-order valence-electron chi connectivity index (χ4n) is 2.76. The molecule has 0 amide bonds. The molecule has 4 nitrogen and oxygen atoms in total. The molecule has 110 valence electrons. The first-order valence-corrected chi connectivity index (χ1v) is 8.45. The molecule has 2 heterocycles. The van der Waals surface area contributed by atoms with Crippen molar-refractivity contribution in [1.29, 1.82) is 0 Å². The number of anilines is 1. The summed E-state index contributed by atoms with van der Waals surface area (Å²) in [6.45, 7) is 0. The molecule has 1 fully saturated rings. The monoisotopic (exact) mass is 320 g/mol. The van der Waals surface area contributed by atoms with Crippen molar-refractivity contribution in [2.75, 3.05) is 5.73 Å². The predicted octanol–water partition coefficient (Wildman–Crippen LogP) is 4.06. The number of hydrogen-bond donors (Lipinski definition) is 1. The molecule has 0 unspecified atom stereocenters. The number of nitrogens with two attached hydrogens (primary N) is 1. The van der Waals surface area contributed by atoms with E-state index in [2.05, 4.69) is 21.0 Å². The van der Waals surface area contributed by atoms with Crippen molar-refractivity contribution in [3.63, 3.8) is 0 Å². The summed E-state index contributed by atoms with van der Waals surface area (Å²) in [7, 11) is 0. The first-order chi connectivity index (χ1) is 10.2. The SMILES string of the molecule is Nc1cc(Cl)nc(SCc2cccnc2C2CCCC2)n1. The number of pyridine rings is 1. The van der Waals surface area contributed by atoms with Gasteiger partial charge in [-0.15, -0.1) is 0 Å². The minimum absolute atomic E-state index is 0.382. The van der Waals surface area contributed by atoms with Gasteiger partial charge in [-0.25, -0.2) is 9.97 Å². The second-order valence-corrected chi connectivity index (χ2v) is 6.55. The summed E-state index contributed by atoms with van der Waals surface area (Å²) in [6, 6.07) is 5.68. The van der Waals surface area contributed by atoms with Crippen molar-refractivity contribution >= 4 is 29.2 Å². The molecule has 0 bridgehead atoms. The van der Waals surface area contributed by atoms with Crippen molar-refractivity contribution < 1.29 is 0 Å². The first kappa shape index (κ1) is 14.6. The topological polar surface area (TPSA) is 64.7 Å². The summed E-state index contributed by atoms with van der Waals surface area (Å²) < 4.78 is 0. The van der Waals surface area contributed by atoms with Crippen molar-refractivity contribution in [2.24, 2.45) is 0 Å². The number of nitrogens with zero attached hydrogens (tertiary/aromatic N) is 3. The summed E-state index contributed by atoms with van der Waals surface area (Å²) >= 11 is 7.46. The molecule has 1 aliphatic carbocycles. The van der Waals surface area contributed by atoms with Gasteiger partial charge in [0.1, 0.15) is 11.0 Å². The Morgan fingerprint density at radius 2 is 2.10 bits per heavy atom. The molecule has 21 heavy (non-hydrogen) atoms. The Morgan fingerprint density at radius 1 is 1.29 bits per heavy atom. The number of rotatable bonds is 4. The molecule has 0 radical (unpaired) electrons. The Labute approximate surface area is 133 Å². The van der Waals surface area contributed by atoms with Gasteiger partial charge in [-0.05, 0) is 24.5 Å². The lowest BCUT2D eigenvalue weighted by Crippen LogP contribution is -2.02. The molecule has 0 aliphatic heterocycles. The average molecular weight is 321 g/mol. The van der Waals surface area contributed by atoms with Crippen LogP contribution in [-0.4, -0.2) is 15.0 Å². The van der Waals surface area contributed by atoms with Crippen LogP contribution in [0.4, 0.5) is 5.82 Å². The molecule has 0 spiro atoms. The molecule has 6 heteroatoms.